The number of piperazine rings is 1. The van der Waals surface area contributed by atoms with Crippen LogP contribution >= 0.6 is 0 Å². The van der Waals surface area contributed by atoms with Crippen molar-refractivity contribution in [2.75, 3.05) is 13.1 Å². The van der Waals surface area contributed by atoms with E-state index in [2.05, 4.69) is 55.3 Å². The van der Waals surface area contributed by atoms with Crippen LogP contribution in [0.25, 0.3) is 0 Å². The van der Waals surface area contributed by atoms with Gasteiger partial charge in [0.05, 0.1) is 0 Å². The fraction of sp³-hybridized carbons (Fsp3) is 0.684. The minimum atomic E-state index is 0.641. The summed E-state index contributed by atoms with van der Waals surface area (Å²) in [5.74, 6) is 0.712. The van der Waals surface area contributed by atoms with Gasteiger partial charge in [0.1, 0.15) is 0 Å². The Morgan fingerprint density at radius 2 is 2.10 bits per heavy atom. The van der Waals surface area contributed by atoms with Gasteiger partial charge in [-0.05, 0) is 42.7 Å². The minimum Gasteiger partial charge on any atom is -0.311 e. The third-order valence-corrected chi connectivity index (χ3v) is 5.51. The van der Waals surface area contributed by atoms with E-state index < -0.39 is 0 Å². The number of fused-ring (bicyclic) bond motifs is 1. The molecule has 1 aliphatic carbocycles. The smallest absolute Gasteiger partial charge is 0.0355 e. The molecule has 21 heavy (non-hydrogen) atoms. The van der Waals surface area contributed by atoms with Gasteiger partial charge >= 0.3 is 0 Å². The molecule has 3 rings (SSSR count). The molecule has 1 aromatic carbocycles. The maximum Gasteiger partial charge on any atom is 0.0355 e. The Hall–Kier alpha value is -0.860. The average Bonchev–Trinajstić information content (AvgIpc) is 2.53. The lowest BCUT2D eigenvalue weighted by molar-refractivity contribution is 0.0584. The van der Waals surface area contributed by atoms with E-state index in [0.29, 0.717) is 24.0 Å². The molecule has 1 aromatic rings. The van der Waals surface area contributed by atoms with Gasteiger partial charge in [-0.3, -0.25) is 4.90 Å². The molecular formula is C19H30N2. The van der Waals surface area contributed by atoms with Crippen molar-refractivity contribution in [2.45, 2.75) is 64.6 Å². The van der Waals surface area contributed by atoms with Crippen LogP contribution in [-0.2, 0) is 6.42 Å². The van der Waals surface area contributed by atoms with Crippen molar-refractivity contribution in [3.63, 3.8) is 0 Å². The molecule has 0 radical (unpaired) electrons. The summed E-state index contributed by atoms with van der Waals surface area (Å²) in [6, 6.07) is 11.1. The minimum absolute atomic E-state index is 0.641. The molecule has 0 bridgehead atoms. The molecule has 2 aliphatic rings. The van der Waals surface area contributed by atoms with Crippen LogP contribution in [0, 0.1) is 5.92 Å². The van der Waals surface area contributed by atoms with Crippen LogP contribution in [0.2, 0.25) is 0 Å². The van der Waals surface area contributed by atoms with Gasteiger partial charge in [0, 0.05) is 31.2 Å². The zero-order chi connectivity index (χ0) is 14.8. The molecule has 1 heterocycles. The number of nitrogens with zero attached hydrogens (tertiary/aromatic N) is 1. The Bertz CT molecular complexity index is 468. The summed E-state index contributed by atoms with van der Waals surface area (Å²) in [6.07, 6.45) is 5.19. The maximum atomic E-state index is 3.77. The zero-order valence-electron chi connectivity index (χ0n) is 13.8. The van der Waals surface area contributed by atoms with Crippen molar-refractivity contribution < 1.29 is 0 Å². The third kappa shape index (κ3) is 3.02. The van der Waals surface area contributed by atoms with E-state index in [1.54, 1.807) is 11.1 Å². The van der Waals surface area contributed by atoms with Crippen LogP contribution in [0.15, 0.2) is 24.3 Å². The van der Waals surface area contributed by atoms with E-state index in [1.165, 1.54) is 32.2 Å². The Balaban J connectivity index is 1.86. The lowest BCUT2D eigenvalue weighted by atomic mass is 9.84. The summed E-state index contributed by atoms with van der Waals surface area (Å²) in [5.41, 5.74) is 3.19. The number of hydrogen-bond donors (Lipinski definition) is 1. The molecule has 0 saturated carbocycles. The lowest BCUT2D eigenvalue weighted by Crippen LogP contribution is -2.58. The molecule has 0 aromatic heterocycles. The van der Waals surface area contributed by atoms with Gasteiger partial charge in [-0.15, -0.1) is 0 Å². The van der Waals surface area contributed by atoms with Gasteiger partial charge in [-0.1, -0.05) is 45.0 Å². The number of rotatable bonds is 3. The highest BCUT2D eigenvalue weighted by molar-refractivity contribution is 5.32. The Kier molecular flexibility index (Phi) is 4.66. The molecule has 2 heteroatoms. The molecular weight excluding hydrogens is 256 g/mol. The molecule has 0 amide bonds. The van der Waals surface area contributed by atoms with E-state index in [9.17, 15) is 0 Å². The number of nitrogens with one attached hydrogen (secondary N) is 1. The predicted octanol–water partition coefficient (Wildman–Crippen LogP) is 3.77. The Morgan fingerprint density at radius 1 is 1.29 bits per heavy atom. The average molecular weight is 286 g/mol. The second-order valence-corrected chi connectivity index (χ2v) is 7.12. The first kappa shape index (κ1) is 15.1. The molecule has 1 saturated heterocycles. The van der Waals surface area contributed by atoms with Gasteiger partial charge in [-0.25, -0.2) is 0 Å². The molecule has 1 N–H and O–H groups in total. The first-order valence-corrected chi connectivity index (χ1v) is 8.77. The number of benzene rings is 1. The third-order valence-electron chi connectivity index (χ3n) is 5.51. The maximum absolute atomic E-state index is 3.77. The summed E-state index contributed by atoms with van der Waals surface area (Å²) >= 11 is 0. The van der Waals surface area contributed by atoms with Crippen molar-refractivity contribution in [3.8, 4) is 0 Å². The molecule has 2 nitrogen and oxygen atoms in total. The number of hydrogen-bond acceptors (Lipinski definition) is 2. The SMILES string of the molecule is CCC1CNC(C(C)C)CN1C1CCCc2ccccc21. The van der Waals surface area contributed by atoms with Gasteiger partial charge in [-0.2, -0.15) is 0 Å². The molecule has 1 aliphatic heterocycles. The van der Waals surface area contributed by atoms with Gasteiger partial charge in [0.15, 0.2) is 0 Å². The second-order valence-electron chi connectivity index (χ2n) is 7.12. The summed E-state index contributed by atoms with van der Waals surface area (Å²) in [6.45, 7) is 9.38. The van der Waals surface area contributed by atoms with Crippen LogP contribution in [0.4, 0.5) is 0 Å². The summed E-state index contributed by atoms with van der Waals surface area (Å²) in [7, 11) is 0. The molecule has 0 spiro atoms. The van der Waals surface area contributed by atoms with Crippen LogP contribution in [0.3, 0.4) is 0 Å². The lowest BCUT2D eigenvalue weighted by Gasteiger charge is -2.47. The molecule has 116 valence electrons. The monoisotopic (exact) mass is 286 g/mol. The van der Waals surface area contributed by atoms with E-state index >= 15 is 0 Å². The topological polar surface area (TPSA) is 15.3 Å². The van der Waals surface area contributed by atoms with Crippen LogP contribution in [-0.4, -0.2) is 30.1 Å². The van der Waals surface area contributed by atoms with Gasteiger partial charge in [0.2, 0.25) is 0 Å². The van der Waals surface area contributed by atoms with Crippen molar-refractivity contribution in [1.29, 1.82) is 0 Å². The largest absolute Gasteiger partial charge is 0.311 e. The van der Waals surface area contributed by atoms with Gasteiger partial charge in [0.25, 0.3) is 0 Å². The van der Waals surface area contributed by atoms with Crippen molar-refractivity contribution in [2.24, 2.45) is 5.92 Å². The van der Waals surface area contributed by atoms with Crippen LogP contribution in [0.1, 0.15) is 57.2 Å². The second kappa shape index (κ2) is 6.50. The highest BCUT2D eigenvalue weighted by atomic mass is 15.3. The molecule has 1 fully saturated rings. The van der Waals surface area contributed by atoms with Crippen molar-refractivity contribution in [3.05, 3.63) is 35.4 Å². The summed E-state index contributed by atoms with van der Waals surface area (Å²) in [5, 5.41) is 3.77. The fourth-order valence-electron chi connectivity index (χ4n) is 4.13. The molecule has 3 atom stereocenters. The first-order chi connectivity index (χ1) is 10.2. The normalized spacial score (nSPS) is 30.4. The van der Waals surface area contributed by atoms with Gasteiger partial charge < -0.3 is 5.32 Å². The first-order valence-electron chi connectivity index (χ1n) is 8.77. The fourth-order valence-corrected chi connectivity index (χ4v) is 4.13. The van der Waals surface area contributed by atoms with E-state index in [4.69, 9.17) is 0 Å². The van der Waals surface area contributed by atoms with E-state index in [0.717, 1.165) is 6.54 Å². The van der Waals surface area contributed by atoms with Crippen LogP contribution < -0.4 is 5.32 Å². The standard InChI is InChI=1S/C19H30N2/c1-4-16-12-20-18(14(2)3)13-21(16)19-11-7-9-15-8-5-6-10-17(15)19/h5-6,8,10,14,16,18-20H,4,7,9,11-13H2,1-3H3. The zero-order valence-corrected chi connectivity index (χ0v) is 13.8. The van der Waals surface area contributed by atoms with E-state index in [-0.39, 0.29) is 0 Å². The predicted molar refractivity (Wildman–Crippen MR) is 89.5 cm³/mol. The van der Waals surface area contributed by atoms with Crippen molar-refractivity contribution in [1.82, 2.24) is 10.2 Å². The summed E-state index contributed by atoms with van der Waals surface area (Å²) < 4.78 is 0. The highest BCUT2D eigenvalue weighted by Crippen LogP contribution is 2.37. The Morgan fingerprint density at radius 3 is 2.86 bits per heavy atom. The number of aryl methyl sites for hydroxylation is 1. The van der Waals surface area contributed by atoms with Crippen molar-refractivity contribution >= 4 is 0 Å². The Labute approximate surface area is 129 Å². The summed E-state index contributed by atoms with van der Waals surface area (Å²) in [4.78, 5) is 2.82. The van der Waals surface area contributed by atoms with Crippen LogP contribution in [0.5, 0.6) is 0 Å². The highest BCUT2D eigenvalue weighted by Gasteiger charge is 2.35. The molecule has 3 unspecified atom stereocenters. The van der Waals surface area contributed by atoms with E-state index in [1.807, 2.05) is 0 Å². The quantitative estimate of drug-likeness (QED) is 0.910.